The normalized spacial score (nSPS) is 19.5. The summed E-state index contributed by atoms with van der Waals surface area (Å²) in [5, 5.41) is 16.2. The van der Waals surface area contributed by atoms with Crippen LogP contribution < -0.4 is 15.4 Å². The summed E-state index contributed by atoms with van der Waals surface area (Å²) in [4.78, 5) is 13.6. The Balaban J connectivity index is 1.35. The number of nitrogens with zero attached hydrogens (tertiary/aromatic N) is 3. The number of ether oxygens (including phenoxy) is 1. The maximum Gasteiger partial charge on any atom is 0.229 e. The second kappa shape index (κ2) is 7.24. The second-order valence-electron chi connectivity index (χ2n) is 7.65. The predicted octanol–water partition coefficient (Wildman–Crippen LogP) is 4.83. The number of phenolic OH excluding ortho intramolecular Hbond substituents is 1. The summed E-state index contributed by atoms with van der Waals surface area (Å²) in [5.74, 6) is 2.91. The topological polar surface area (TPSA) is 92.2 Å². The molecule has 2 bridgehead atoms. The van der Waals surface area contributed by atoms with E-state index in [0.29, 0.717) is 29.4 Å². The van der Waals surface area contributed by atoms with Crippen molar-refractivity contribution in [2.24, 2.45) is 0 Å². The summed E-state index contributed by atoms with van der Waals surface area (Å²) in [7, 11) is 1.51. The summed E-state index contributed by atoms with van der Waals surface area (Å²) >= 11 is 0. The van der Waals surface area contributed by atoms with Gasteiger partial charge in [0.1, 0.15) is 5.82 Å². The van der Waals surface area contributed by atoms with Crippen LogP contribution in [0, 0.1) is 0 Å². The van der Waals surface area contributed by atoms with Gasteiger partial charge in [0.15, 0.2) is 11.5 Å². The van der Waals surface area contributed by atoms with E-state index in [2.05, 4.69) is 26.7 Å². The SMILES string of the molecule is COc1cc(Nc2nccc(Nc3cnc4c(c3)C3CCC4CC3)n2)ccc1O. The third-order valence-corrected chi connectivity index (χ3v) is 5.87. The fourth-order valence-electron chi connectivity index (χ4n) is 4.43. The lowest BCUT2D eigenvalue weighted by Crippen LogP contribution is -2.22. The molecule has 0 unspecified atom stereocenters. The Labute approximate surface area is 169 Å². The lowest BCUT2D eigenvalue weighted by molar-refractivity contribution is 0.351. The molecule has 3 aliphatic carbocycles. The predicted molar refractivity (Wildman–Crippen MR) is 111 cm³/mol. The van der Waals surface area contributed by atoms with Gasteiger partial charge in [0.05, 0.1) is 19.0 Å². The third kappa shape index (κ3) is 3.44. The van der Waals surface area contributed by atoms with Crippen LogP contribution in [0.4, 0.5) is 23.1 Å². The van der Waals surface area contributed by atoms with Gasteiger partial charge < -0.3 is 20.5 Å². The summed E-state index contributed by atoms with van der Waals surface area (Å²) < 4.78 is 5.14. The Morgan fingerprint density at radius 3 is 2.62 bits per heavy atom. The van der Waals surface area contributed by atoms with Crippen LogP contribution in [0.2, 0.25) is 0 Å². The van der Waals surface area contributed by atoms with Crippen LogP contribution in [0.25, 0.3) is 0 Å². The van der Waals surface area contributed by atoms with Crippen molar-refractivity contribution in [3.8, 4) is 11.5 Å². The van der Waals surface area contributed by atoms with Gasteiger partial charge in [-0.15, -0.1) is 0 Å². The Morgan fingerprint density at radius 2 is 1.79 bits per heavy atom. The van der Waals surface area contributed by atoms with E-state index in [1.165, 1.54) is 44.1 Å². The molecule has 3 aliphatic rings. The van der Waals surface area contributed by atoms with E-state index in [1.807, 2.05) is 12.3 Å². The molecule has 0 atom stereocenters. The minimum Gasteiger partial charge on any atom is -0.504 e. The molecular formula is C22H23N5O2. The van der Waals surface area contributed by atoms with E-state index >= 15 is 0 Å². The Morgan fingerprint density at radius 1 is 0.966 bits per heavy atom. The zero-order chi connectivity index (χ0) is 19.8. The van der Waals surface area contributed by atoms with Crippen LogP contribution in [-0.4, -0.2) is 27.2 Å². The van der Waals surface area contributed by atoms with Gasteiger partial charge in [0.2, 0.25) is 5.95 Å². The molecule has 0 radical (unpaired) electrons. The van der Waals surface area contributed by atoms with Gasteiger partial charge in [-0.1, -0.05) is 0 Å². The Kier molecular flexibility index (Phi) is 4.42. The summed E-state index contributed by atoms with van der Waals surface area (Å²) in [6.45, 7) is 0. The molecular weight excluding hydrogens is 366 g/mol. The molecule has 3 N–H and O–H groups in total. The second-order valence-corrected chi connectivity index (χ2v) is 7.65. The highest BCUT2D eigenvalue weighted by molar-refractivity contribution is 5.62. The first-order valence-corrected chi connectivity index (χ1v) is 9.93. The number of phenols is 1. The smallest absolute Gasteiger partial charge is 0.229 e. The number of nitrogens with one attached hydrogen (secondary N) is 2. The Bertz CT molecular complexity index is 1050. The molecule has 2 aromatic heterocycles. The Hall–Kier alpha value is -3.35. The van der Waals surface area contributed by atoms with Crippen molar-refractivity contribution in [2.75, 3.05) is 17.7 Å². The molecule has 7 heteroatoms. The number of anilines is 4. The number of hydrogen-bond donors (Lipinski definition) is 3. The zero-order valence-electron chi connectivity index (χ0n) is 16.2. The van der Waals surface area contributed by atoms with E-state index < -0.39 is 0 Å². The van der Waals surface area contributed by atoms with Crippen LogP contribution in [-0.2, 0) is 0 Å². The van der Waals surface area contributed by atoms with Crippen LogP contribution in [0.1, 0.15) is 48.8 Å². The van der Waals surface area contributed by atoms with Crippen LogP contribution in [0.5, 0.6) is 11.5 Å². The molecule has 1 fully saturated rings. The van der Waals surface area contributed by atoms with Crippen LogP contribution >= 0.6 is 0 Å². The first-order valence-electron chi connectivity index (χ1n) is 9.93. The molecule has 1 saturated carbocycles. The van der Waals surface area contributed by atoms with Crippen molar-refractivity contribution in [1.82, 2.24) is 15.0 Å². The van der Waals surface area contributed by atoms with Gasteiger partial charge in [-0.05, 0) is 61.4 Å². The maximum atomic E-state index is 9.73. The van der Waals surface area contributed by atoms with E-state index in [1.54, 1.807) is 24.4 Å². The summed E-state index contributed by atoms with van der Waals surface area (Å²) in [6, 6.07) is 9.06. The number of benzene rings is 1. The number of aromatic nitrogens is 3. The molecule has 0 spiro atoms. The molecule has 6 rings (SSSR count). The number of rotatable bonds is 5. The van der Waals surface area contributed by atoms with Gasteiger partial charge in [0, 0.05) is 29.6 Å². The minimum atomic E-state index is 0.0861. The quantitative estimate of drug-likeness (QED) is 0.538. The van der Waals surface area contributed by atoms with E-state index in [4.69, 9.17) is 9.72 Å². The van der Waals surface area contributed by atoms with Crippen LogP contribution in [0.15, 0.2) is 42.7 Å². The number of hydrogen-bond acceptors (Lipinski definition) is 7. The van der Waals surface area contributed by atoms with Gasteiger partial charge >= 0.3 is 0 Å². The van der Waals surface area contributed by atoms with Crippen molar-refractivity contribution in [2.45, 2.75) is 37.5 Å². The highest BCUT2D eigenvalue weighted by atomic mass is 16.5. The van der Waals surface area contributed by atoms with Gasteiger partial charge in [-0.2, -0.15) is 4.98 Å². The van der Waals surface area contributed by atoms with Crippen molar-refractivity contribution in [3.63, 3.8) is 0 Å². The van der Waals surface area contributed by atoms with Crippen molar-refractivity contribution in [1.29, 1.82) is 0 Å². The lowest BCUT2D eigenvalue weighted by Gasteiger charge is -2.37. The average Bonchev–Trinajstić information content (AvgIpc) is 2.76. The molecule has 1 aromatic carbocycles. The van der Waals surface area contributed by atoms with E-state index in [9.17, 15) is 5.11 Å². The van der Waals surface area contributed by atoms with E-state index in [0.717, 1.165) is 11.4 Å². The molecule has 29 heavy (non-hydrogen) atoms. The molecule has 2 heterocycles. The van der Waals surface area contributed by atoms with Gasteiger partial charge in [-0.25, -0.2) is 4.98 Å². The monoisotopic (exact) mass is 389 g/mol. The van der Waals surface area contributed by atoms with Crippen molar-refractivity contribution < 1.29 is 9.84 Å². The van der Waals surface area contributed by atoms with E-state index in [-0.39, 0.29) is 5.75 Å². The summed E-state index contributed by atoms with van der Waals surface area (Å²) in [5.41, 5.74) is 4.38. The largest absolute Gasteiger partial charge is 0.504 e. The van der Waals surface area contributed by atoms with Gasteiger partial charge in [-0.3, -0.25) is 4.98 Å². The third-order valence-electron chi connectivity index (χ3n) is 5.87. The average molecular weight is 389 g/mol. The first kappa shape index (κ1) is 17.7. The standard InChI is InChI=1S/C22H23N5O2/c1-29-19-11-15(6-7-18(19)28)26-22-23-9-8-20(27-22)25-16-10-17-13-2-4-14(5-3-13)21(17)24-12-16/h6-14,28H,2-5H2,1H3,(H2,23,25,26,27). The molecule has 0 saturated heterocycles. The maximum absolute atomic E-state index is 9.73. The minimum absolute atomic E-state index is 0.0861. The summed E-state index contributed by atoms with van der Waals surface area (Å²) in [6.07, 6.45) is 8.71. The zero-order valence-corrected chi connectivity index (χ0v) is 16.2. The van der Waals surface area contributed by atoms with Gasteiger partial charge in [0.25, 0.3) is 0 Å². The number of pyridine rings is 1. The number of methoxy groups -OCH3 is 1. The molecule has 0 amide bonds. The number of aromatic hydroxyl groups is 1. The van der Waals surface area contributed by atoms with Crippen LogP contribution in [0.3, 0.4) is 0 Å². The molecule has 3 aromatic rings. The molecule has 0 aliphatic heterocycles. The molecule has 148 valence electrons. The van der Waals surface area contributed by atoms with Crippen molar-refractivity contribution in [3.05, 3.63) is 54.0 Å². The fourth-order valence-corrected chi connectivity index (χ4v) is 4.43. The van der Waals surface area contributed by atoms with Crippen molar-refractivity contribution >= 4 is 23.1 Å². The fraction of sp³-hybridized carbons (Fsp3) is 0.318. The number of fused-ring (bicyclic) bond motifs is 2. The first-order chi connectivity index (χ1) is 14.2. The lowest BCUT2D eigenvalue weighted by atomic mass is 9.69. The highest BCUT2D eigenvalue weighted by Gasteiger charge is 2.33. The highest BCUT2D eigenvalue weighted by Crippen LogP contribution is 2.48. The molecule has 7 nitrogen and oxygen atoms in total.